The van der Waals surface area contributed by atoms with Gasteiger partial charge in [-0.2, -0.15) is 0 Å². The summed E-state index contributed by atoms with van der Waals surface area (Å²) in [7, 11) is 4.80. The first kappa shape index (κ1) is 14.3. The standard InChI is InChI=1S/C16H16O3S/c1-17-14-8-12(9-15(18-2)16(14)19-3)13-7-5-4-6-11(13)10-20/h4-10H,1-3H3. The third-order valence-corrected chi connectivity index (χ3v) is 3.32. The highest BCUT2D eigenvalue weighted by atomic mass is 32.1. The minimum Gasteiger partial charge on any atom is -0.493 e. The number of rotatable bonds is 5. The Morgan fingerprint density at radius 3 is 2.00 bits per heavy atom. The van der Waals surface area contributed by atoms with Crippen LogP contribution in [0.1, 0.15) is 5.56 Å². The van der Waals surface area contributed by atoms with Gasteiger partial charge in [-0.15, -0.1) is 0 Å². The maximum absolute atomic E-state index is 5.37. The van der Waals surface area contributed by atoms with Gasteiger partial charge in [-0.25, -0.2) is 0 Å². The fourth-order valence-corrected chi connectivity index (χ4v) is 2.30. The van der Waals surface area contributed by atoms with Gasteiger partial charge in [0, 0.05) is 5.37 Å². The maximum Gasteiger partial charge on any atom is 0.203 e. The van der Waals surface area contributed by atoms with Crippen molar-refractivity contribution in [2.24, 2.45) is 0 Å². The molecule has 3 nitrogen and oxygen atoms in total. The third kappa shape index (κ3) is 2.60. The number of methoxy groups -OCH3 is 3. The van der Waals surface area contributed by atoms with Crippen molar-refractivity contribution in [2.45, 2.75) is 0 Å². The molecule has 0 saturated carbocycles. The van der Waals surface area contributed by atoms with Crippen molar-refractivity contribution in [2.75, 3.05) is 21.3 Å². The molecule has 0 saturated heterocycles. The van der Waals surface area contributed by atoms with Crippen molar-refractivity contribution >= 4 is 17.6 Å². The van der Waals surface area contributed by atoms with Crippen molar-refractivity contribution in [3.8, 4) is 28.4 Å². The zero-order valence-corrected chi connectivity index (χ0v) is 12.5. The topological polar surface area (TPSA) is 27.7 Å². The molecule has 0 unspecified atom stereocenters. The Hall–Kier alpha value is -2.07. The van der Waals surface area contributed by atoms with Crippen LogP contribution < -0.4 is 14.2 Å². The van der Waals surface area contributed by atoms with Gasteiger partial charge in [0.1, 0.15) is 0 Å². The van der Waals surface area contributed by atoms with Crippen LogP contribution in [0.4, 0.5) is 0 Å². The third-order valence-electron chi connectivity index (χ3n) is 3.06. The fourth-order valence-electron chi connectivity index (χ4n) is 2.10. The summed E-state index contributed by atoms with van der Waals surface area (Å²) in [5.74, 6) is 1.83. The molecule has 0 bridgehead atoms. The van der Waals surface area contributed by atoms with Crippen molar-refractivity contribution in [3.63, 3.8) is 0 Å². The molecule has 0 atom stereocenters. The first-order valence-corrected chi connectivity index (χ1v) is 6.56. The molecule has 0 spiro atoms. The zero-order chi connectivity index (χ0) is 14.5. The van der Waals surface area contributed by atoms with E-state index in [2.05, 4.69) is 0 Å². The van der Waals surface area contributed by atoms with Crippen LogP contribution in [0.5, 0.6) is 17.2 Å². The molecule has 2 rings (SSSR count). The lowest BCUT2D eigenvalue weighted by atomic mass is 10.00. The summed E-state index contributed by atoms with van der Waals surface area (Å²) in [6.07, 6.45) is 0. The molecule has 104 valence electrons. The minimum atomic E-state index is 0.582. The van der Waals surface area contributed by atoms with E-state index in [0.29, 0.717) is 17.2 Å². The zero-order valence-electron chi connectivity index (χ0n) is 11.7. The van der Waals surface area contributed by atoms with Gasteiger partial charge in [-0.05, 0) is 28.8 Å². The Morgan fingerprint density at radius 2 is 1.50 bits per heavy atom. The largest absolute Gasteiger partial charge is 0.493 e. The van der Waals surface area contributed by atoms with E-state index in [0.717, 1.165) is 16.7 Å². The van der Waals surface area contributed by atoms with E-state index in [4.69, 9.17) is 26.4 Å². The lowest BCUT2D eigenvalue weighted by Gasteiger charge is -2.15. The van der Waals surface area contributed by atoms with Crippen LogP contribution in [-0.2, 0) is 0 Å². The minimum absolute atomic E-state index is 0.582. The van der Waals surface area contributed by atoms with Crippen LogP contribution in [-0.4, -0.2) is 26.7 Å². The Bertz CT molecular complexity index is 598. The summed E-state index contributed by atoms with van der Waals surface area (Å²) in [4.78, 5) is 0. The highest BCUT2D eigenvalue weighted by Gasteiger charge is 2.14. The molecule has 0 heterocycles. The van der Waals surface area contributed by atoms with E-state index in [1.807, 2.05) is 36.4 Å². The van der Waals surface area contributed by atoms with Gasteiger partial charge < -0.3 is 14.2 Å². The Kier molecular flexibility index (Phi) is 4.58. The highest BCUT2D eigenvalue weighted by Crippen LogP contribution is 2.41. The number of ether oxygens (including phenoxy) is 3. The second-order valence-corrected chi connectivity index (χ2v) is 4.35. The van der Waals surface area contributed by atoms with Crippen molar-refractivity contribution < 1.29 is 14.2 Å². The average molecular weight is 288 g/mol. The van der Waals surface area contributed by atoms with E-state index < -0.39 is 0 Å². The molecule has 20 heavy (non-hydrogen) atoms. The molecular weight excluding hydrogens is 272 g/mol. The first-order chi connectivity index (χ1) is 9.74. The van der Waals surface area contributed by atoms with E-state index in [1.54, 1.807) is 26.7 Å². The van der Waals surface area contributed by atoms with Crippen LogP contribution >= 0.6 is 12.2 Å². The second kappa shape index (κ2) is 6.39. The molecule has 4 heteroatoms. The molecular formula is C16H16O3S. The molecule has 2 aromatic rings. The predicted octanol–water partition coefficient (Wildman–Crippen LogP) is 3.73. The van der Waals surface area contributed by atoms with Crippen molar-refractivity contribution in [3.05, 3.63) is 42.0 Å². The van der Waals surface area contributed by atoms with Crippen LogP contribution in [0.2, 0.25) is 0 Å². The monoisotopic (exact) mass is 288 g/mol. The highest BCUT2D eigenvalue weighted by molar-refractivity contribution is 7.79. The molecule has 0 aromatic heterocycles. The van der Waals surface area contributed by atoms with Crippen LogP contribution in [0.15, 0.2) is 36.4 Å². The number of thiocarbonyl (C=S) groups is 1. The van der Waals surface area contributed by atoms with Crippen molar-refractivity contribution in [1.29, 1.82) is 0 Å². The molecule has 0 radical (unpaired) electrons. The fraction of sp³-hybridized carbons (Fsp3) is 0.188. The van der Waals surface area contributed by atoms with Crippen LogP contribution in [0.3, 0.4) is 0 Å². The summed E-state index contributed by atoms with van der Waals surface area (Å²) in [6, 6.07) is 11.8. The van der Waals surface area contributed by atoms with E-state index in [-0.39, 0.29) is 0 Å². The van der Waals surface area contributed by atoms with Gasteiger partial charge in [0.15, 0.2) is 11.5 Å². The Labute approximate surface area is 124 Å². The summed E-state index contributed by atoms with van der Waals surface area (Å²) in [6.45, 7) is 0. The van der Waals surface area contributed by atoms with Crippen LogP contribution in [0, 0.1) is 0 Å². The average Bonchev–Trinajstić information content (AvgIpc) is 2.53. The second-order valence-electron chi connectivity index (χ2n) is 4.12. The van der Waals surface area contributed by atoms with Gasteiger partial charge in [0.05, 0.1) is 21.3 Å². The first-order valence-electron chi connectivity index (χ1n) is 6.09. The SMILES string of the molecule is COc1cc(-c2ccccc2C=S)cc(OC)c1OC. The number of hydrogen-bond acceptors (Lipinski definition) is 4. The molecule has 0 N–H and O–H groups in total. The van der Waals surface area contributed by atoms with Gasteiger partial charge in [-0.3, -0.25) is 0 Å². The van der Waals surface area contributed by atoms with E-state index >= 15 is 0 Å². The number of hydrogen-bond donors (Lipinski definition) is 0. The lowest BCUT2D eigenvalue weighted by Crippen LogP contribution is -1.96. The van der Waals surface area contributed by atoms with E-state index in [9.17, 15) is 0 Å². The van der Waals surface area contributed by atoms with E-state index in [1.165, 1.54) is 0 Å². The molecule has 0 aliphatic heterocycles. The van der Waals surface area contributed by atoms with Gasteiger partial charge in [0.25, 0.3) is 0 Å². The van der Waals surface area contributed by atoms with Crippen molar-refractivity contribution in [1.82, 2.24) is 0 Å². The lowest BCUT2D eigenvalue weighted by molar-refractivity contribution is 0.324. The molecule has 0 aliphatic carbocycles. The van der Waals surface area contributed by atoms with Gasteiger partial charge >= 0.3 is 0 Å². The summed E-state index contributed by atoms with van der Waals surface area (Å²) >= 11 is 5.06. The molecule has 0 aliphatic rings. The predicted molar refractivity (Wildman–Crippen MR) is 84.3 cm³/mol. The summed E-state index contributed by atoms with van der Waals surface area (Å²) in [5, 5.41) is 1.67. The smallest absolute Gasteiger partial charge is 0.203 e. The number of benzene rings is 2. The maximum atomic E-state index is 5.37. The summed E-state index contributed by atoms with van der Waals surface area (Å²) in [5.41, 5.74) is 2.98. The quantitative estimate of drug-likeness (QED) is 0.784. The Balaban J connectivity index is 2.66. The molecule has 2 aromatic carbocycles. The molecule has 0 amide bonds. The van der Waals surface area contributed by atoms with Gasteiger partial charge in [-0.1, -0.05) is 36.5 Å². The van der Waals surface area contributed by atoms with Crippen LogP contribution in [0.25, 0.3) is 11.1 Å². The Morgan fingerprint density at radius 1 is 0.900 bits per heavy atom. The summed E-state index contributed by atoms with van der Waals surface area (Å²) < 4.78 is 16.1. The van der Waals surface area contributed by atoms with Gasteiger partial charge in [0.2, 0.25) is 5.75 Å². The normalized spacial score (nSPS) is 9.95. The molecule has 0 fully saturated rings.